The lowest BCUT2D eigenvalue weighted by Crippen LogP contribution is -2.12. The van der Waals surface area contributed by atoms with Gasteiger partial charge in [0, 0.05) is 24.5 Å². The third-order valence-electron chi connectivity index (χ3n) is 3.34. The van der Waals surface area contributed by atoms with E-state index < -0.39 is 0 Å². The second-order valence-corrected chi connectivity index (χ2v) is 5.39. The van der Waals surface area contributed by atoms with Crippen LogP contribution in [0.5, 0.6) is 5.75 Å². The number of ether oxygens (including phenoxy) is 1. The van der Waals surface area contributed by atoms with Gasteiger partial charge in [-0.2, -0.15) is 0 Å². The summed E-state index contributed by atoms with van der Waals surface area (Å²) in [4.78, 5) is 8.51. The highest BCUT2D eigenvalue weighted by Gasteiger charge is 2.08. The van der Waals surface area contributed by atoms with Gasteiger partial charge in [-0.15, -0.1) is 0 Å². The Bertz CT molecular complexity index is 581. The average molecular weight is 285 g/mol. The van der Waals surface area contributed by atoms with E-state index in [2.05, 4.69) is 54.3 Å². The molecular weight excluding hydrogens is 262 g/mol. The van der Waals surface area contributed by atoms with Crippen LogP contribution in [0.25, 0.3) is 0 Å². The molecule has 1 N–H and O–H groups in total. The predicted molar refractivity (Wildman–Crippen MR) is 85.7 cm³/mol. The number of hydrogen-bond donors (Lipinski definition) is 1. The second kappa shape index (κ2) is 7.07. The number of anilines is 1. The van der Waals surface area contributed by atoms with Crippen LogP contribution in [0.1, 0.15) is 37.0 Å². The van der Waals surface area contributed by atoms with Crippen LogP contribution < -0.4 is 10.1 Å². The van der Waals surface area contributed by atoms with E-state index in [1.54, 1.807) is 12.4 Å². The van der Waals surface area contributed by atoms with Crippen LogP contribution in [-0.4, -0.2) is 16.1 Å². The van der Waals surface area contributed by atoms with Crippen molar-refractivity contribution in [2.24, 2.45) is 0 Å². The van der Waals surface area contributed by atoms with Gasteiger partial charge in [0.25, 0.3) is 0 Å². The van der Waals surface area contributed by atoms with Gasteiger partial charge in [0.2, 0.25) is 5.95 Å². The Balaban J connectivity index is 2.09. The van der Waals surface area contributed by atoms with Gasteiger partial charge in [-0.25, -0.2) is 9.97 Å². The van der Waals surface area contributed by atoms with Crippen LogP contribution in [-0.2, 0) is 6.54 Å². The summed E-state index contributed by atoms with van der Waals surface area (Å²) >= 11 is 0. The average Bonchev–Trinajstić information content (AvgIpc) is 2.48. The highest BCUT2D eigenvalue weighted by atomic mass is 16.5. The Hall–Kier alpha value is -2.10. The highest BCUT2D eigenvalue weighted by Crippen LogP contribution is 2.23. The molecule has 2 rings (SSSR count). The lowest BCUT2D eigenvalue weighted by Gasteiger charge is -2.17. The van der Waals surface area contributed by atoms with Gasteiger partial charge in [0.05, 0.1) is 6.10 Å². The van der Waals surface area contributed by atoms with Crippen LogP contribution in [0.3, 0.4) is 0 Å². The van der Waals surface area contributed by atoms with Crippen molar-refractivity contribution in [2.75, 3.05) is 5.32 Å². The summed E-state index contributed by atoms with van der Waals surface area (Å²) in [5.74, 6) is 1.57. The van der Waals surface area contributed by atoms with E-state index >= 15 is 0 Å². The second-order valence-electron chi connectivity index (χ2n) is 5.39. The standard InChI is InChI=1S/C17H23N3O/c1-5-14(4)21-16-8-12(2)6-7-15(16)11-20-17-18-9-13(3)10-19-17/h6-10,14H,5,11H2,1-4H3,(H,18,19,20). The van der Waals surface area contributed by atoms with Crippen molar-refractivity contribution in [1.29, 1.82) is 0 Å². The largest absolute Gasteiger partial charge is 0.490 e. The molecule has 4 heteroatoms. The lowest BCUT2D eigenvalue weighted by molar-refractivity contribution is 0.215. The Morgan fingerprint density at radius 1 is 1.14 bits per heavy atom. The van der Waals surface area contributed by atoms with Crippen molar-refractivity contribution in [2.45, 2.75) is 46.8 Å². The van der Waals surface area contributed by atoms with Crippen LogP contribution in [0.15, 0.2) is 30.6 Å². The summed E-state index contributed by atoms with van der Waals surface area (Å²) in [5.41, 5.74) is 3.37. The van der Waals surface area contributed by atoms with Crippen molar-refractivity contribution >= 4 is 5.95 Å². The normalized spacial score (nSPS) is 12.0. The monoisotopic (exact) mass is 285 g/mol. The molecule has 1 heterocycles. The van der Waals surface area contributed by atoms with Gasteiger partial charge in [0.15, 0.2) is 0 Å². The van der Waals surface area contributed by atoms with Gasteiger partial charge < -0.3 is 10.1 Å². The zero-order valence-electron chi connectivity index (χ0n) is 13.2. The molecule has 1 unspecified atom stereocenters. The van der Waals surface area contributed by atoms with Crippen molar-refractivity contribution in [3.05, 3.63) is 47.3 Å². The van der Waals surface area contributed by atoms with Crippen LogP contribution >= 0.6 is 0 Å². The van der Waals surface area contributed by atoms with E-state index in [0.717, 1.165) is 23.3 Å². The fraction of sp³-hybridized carbons (Fsp3) is 0.412. The molecule has 0 spiro atoms. The minimum Gasteiger partial charge on any atom is -0.490 e. The SMILES string of the molecule is CCC(C)Oc1cc(C)ccc1CNc1ncc(C)cn1. The maximum absolute atomic E-state index is 6.00. The molecule has 0 amide bonds. The molecule has 0 radical (unpaired) electrons. The first-order valence-corrected chi connectivity index (χ1v) is 7.37. The molecule has 2 aromatic rings. The van der Waals surface area contributed by atoms with Crippen LogP contribution in [0.2, 0.25) is 0 Å². The number of rotatable bonds is 6. The molecule has 0 aliphatic heterocycles. The maximum Gasteiger partial charge on any atom is 0.222 e. The van der Waals surface area contributed by atoms with Crippen LogP contribution in [0.4, 0.5) is 5.95 Å². The smallest absolute Gasteiger partial charge is 0.222 e. The number of aromatic nitrogens is 2. The molecule has 1 aromatic carbocycles. The van der Waals surface area contributed by atoms with Gasteiger partial charge in [0.1, 0.15) is 5.75 Å². The molecule has 21 heavy (non-hydrogen) atoms. The van der Waals surface area contributed by atoms with E-state index in [-0.39, 0.29) is 6.10 Å². The summed E-state index contributed by atoms with van der Waals surface area (Å²) in [6.07, 6.45) is 4.81. The molecule has 0 saturated heterocycles. The molecule has 4 nitrogen and oxygen atoms in total. The summed E-state index contributed by atoms with van der Waals surface area (Å²) in [7, 11) is 0. The Morgan fingerprint density at radius 2 is 1.86 bits per heavy atom. The van der Waals surface area contributed by atoms with E-state index in [4.69, 9.17) is 4.74 Å². The fourth-order valence-corrected chi connectivity index (χ4v) is 1.88. The summed E-state index contributed by atoms with van der Waals surface area (Å²) in [5, 5.41) is 3.24. The molecule has 0 aliphatic carbocycles. The third kappa shape index (κ3) is 4.45. The van der Waals surface area contributed by atoms with E-state index in [9.17, 15) is 0 Å². The first kappa shape index (κ1) is 15.3. The Kier molecular flexibility index (Phi) is 5.14. The first-order valence-electron chi connectivity index (χ1n) is 7.37. The first-order chi connectivity index (χ1) is 10.1. The topological polar surface area (TPSA) is 47.0 Å². The zero-order valence-corrected chi connectivity index (χ0v) is 13.2. The number of aryl methyl sites for hydroxylation is 2. The molecule has 1 aromatic heterocycles. The van der Waals surface area contributed by atoms with Crippen molar-refractivity contribution in [3.63, 3.8) is 0 Å². The molecule has 0 aliphatic rings. The van der Waals surface area contributed by atoms with Gasteiger partial charge in [-0.05, 0) is 44.4 Å². The van der Waals surface area contributed by atoms with E-state index in [0.29, 0.717) is 12.5 Å². The molecule has 0 saturated carbocycles. The predicted octanol–water partition coefficient (Wildman–Crippen LogP) is 3.88. The number of nitrogens with zero attached hydrogens (tertiary/aromatic N) is 2. The molecule has 0 fully saturated rings. The minimum absolute atomic E-state index is 0.209. The molecular formula is C17H23N3O. The van der Waals surface area contributed by atoms with Gasteiger partial charge in [-0.1, -0.05) is 19.1 Å². The quantitative estimate of drug-likeness (QED) is 0.875. The van der Waals surface area contributed by atoms with Crippen molar-refractivity contribution in [3.8, 4) is 5.75 Å². The molecule has 112 valence electrons. The summed E-state index contributed by atoms with van der Waals surface area (Å²) in [6.45, 7) is 8.90. The molecule has 0 bridgehead atoms. The summed E-state index contributed by atoms with van der Waals surface area (Å²) in [6, 6.07) is 6.27. The lowest BCUT2D eigenvalue weighted by atomic mass is 10.1. The maximum atomic E-state index is 6.00. The van der Waals surface area contributed by atoms with Crippen LogP contribution in [0, 0.1) is 13.8 Å². The number of nitrogens with one attached hydrogen (secondary N) is 1. The van der Waals surface area contributed by atoms with Gasteiger partial charge in [-0.3, -0.25) is 0 Å². The van der Waals surface area contributed by atoms with Crippen molar-refractivity contribution < 1.29 is 4.74 Å². The number of hydrogen-bond acceptors (Lipinski definition) is 4. The van der Waals surface area contributed by atoms with Crippen molar-refractivity contribution in [1.82, 2.24) is 9.97 Å². The van der Waals surface area contributed by atoms with E-state index in [1.165, 1.54) is 5.56 Å². The number of benzene rings is 1. The zero-order chi connectivity index (χ0) is 15.2. The Morgan fingerprint density at radius 3 is 2.52 bits per heavy atom. The van der Waals surface area contributed by atoms with E-state index in [1.807, 2.05) is 6.92 Å². The third-order valence-corrected chi connectivity index (χ3v) is 3.34. The summed E-state index contributed by atoms with van der Waals surface area (Å²) < 4.78 is 6.00. The molecule has 1 atom stereocenters. The minimum atomic E-state index is 0.209. The Labute approximate surface area is 126 Å². The fourth-order valence-electron chi connectivity index (χ4n) is 1.88. The van der Waals surface area contributed by atoms with Gasteiger partial charge >= 0.3 is 0 Å². The highest BCUT2D eigenvalue weighted by molar-refractivity contribution is 5.39.